The van der Waals surface area contributed by atoms with Crippen molar-refractivity contribution in [2.45, 2.75) is 11.8 Å². The third kappa shape index (κ3) is 6.71. The number of aryl methyl sites for hydroxylation is 1. The molecule has 0 saturated heterocycles. The van der Waals surface area contributed by atoms with Crippen LogP contribution in [0.5, 0.6) is 11.5 Å². The topological polar surface area (TPSA) is 134 Å². The van der Waals surface area contributed by atoms with Crippen molar-refractivity contribution in [1.29, 1.82) is 0 Å². The number of anilines is 1. The Hall–Kier alpha value is -3.08. The fraction of sp³-hybridized carbons (Fsp3) is 0.200. The second kappa shape index (κ2) is 10.3. The van der Waals surface area contributed by atoms with E-state index in [1.165, 1.54) is 38.5 Å². The lowest BCUT2D eigenvalue weighted by Gasteiger charge is -2.10. The molecule has 1 amide bonds. The number of esters is 1. The Morgan fingerprint density at radius 1 is 1.16 bits per heavy atom. The van der Waals surface area contributed by atoms with Gasteiger partial charge in [0.05, 0.1) is 24.1 Å². The van der Waals surface area contributed by atoms with Crippen LogP contribution in [-0.2, 0) is 24.3 Å². The fourth-order valence-electron chi connectivity index (χ4n) is 2.56. The first-order valence-corrected chi connectivity index (χ1v) is 10.7. The van der Waals surface area contributed by atoms with E-state index in [0.717, 1.165) is 6.08 Å². The lowest BCUT2D eigenvalue weighted by atomic mass is 10.2. The Labute approximate surface area is 184 Å². The quantitative estimate of drug-likeness (QED) is 0.449. The number of nitrogens with two attached hydrogens (primary N) is 1. The number of hydrogen-bond acceptors (Lipinski definition) is 7. The fourth-order valence-corrected chi connectivity index (χ4v) is 3.67. The highest BCUT2D eigenvalue weighted by molar-refractivity contribution is 7.89. The van der Waals surface area contributed by atoms with E-state index >= 15 is 0 Å². The molecule has 0 heterocycles. The van der Waals surface area contributed by atoms with Crippen LogP contribution in [0.1, 0.15) is 11.1 Å². The molecule has 11 heteroatoms. The van der Waals surface area contributed by atoms with E-state index in [9.17, 15) is 18.0 Å². The van der Waals surface area contributed by atoms with Crippen molar-refractivity contribution in [2.75, 3.05) is 26.1 Å². The number of hydrogen-bond donors (Lipinski definition) is 2. The average molecular weight is 469 g/mol. The summed E-state index contributed by atoms with van der Waals surface area (Å²) in [5.41, 5.74) is 1.19. The first-order chi connectivity index (χ1) is 14.5. The summed E-state index contributed by atoms with van der Waals surface area (Å²) in [5.74, 6) is -0.669. The predicted molar refractivity (Wildman–Crippen MR) is 116 cm³/mol. The van der Waals surface area contributed by atoms with Gasteiger partial charge in [-0.1, -0.05) is 17.7 Å². The highest BCUT2D eigenvalue weighted by Crippen LogP contribution is 2.36. The highest BCUT2D eigenvalue weighted by Gasteiger charge is 2.14. The Kier molecular flexibility index (Phi) is 8.03. The minimum absolute atomic E-state index is 0.112. The molecule has 2 aromatic rings. The zero-order valence-corrected chi connectivity index (χ0v) is 18.5. The molecule has 0 spiro atoms. The van der Waals surface area contributed by atoms with Crippen LogP contribution >= 0.6 is 11.6 Å². The zero-order valence-electron chi connectivity index (χ0n) is 17.0. The number of sulfonamides is 1. The van der Waals surface area contributed by atoms with Gasteiger partial charge in [-0.3, -0.25) is 4.79 Å². The summed E-state index contributed by atoms with van der Waals surface area (Å²) in [5, 5.41) is 7.88. The number of amides is 1. The number of carbonyl (C=O) groups is 2. The lowest BCUT2D eigenvalue weighted by Crippen LogP contribution is -2.21. The van der Waals surface area contributed by atoms with Crippen LogP contribution in [0.3, 0.4) is 0 Å². The summed E-state index contributed by atoms with van der Waals surface area (Å²) in [4.78, 5) is 23.8. The maximum absolute atomic E-state index is 12.0. The van der Waals surface area contributed by atoms with E-state index in [1.54, 1.807) is 19.1 Å². The molecule has 31 heavy (non-hydrogen) atoms. The number of ether oxygens (including phenoxy) is 3. The molecule has 0 aromatic heterocycles. The van der Waals surface area contributed by atoms with Crippen molar-refractivity contribution in [3.05, 3.63) is 52.6 Å². The number of primary sulfonamides is 1. The summed E-state index contributed by atoms with van der Waals surface area (Å²) < 4.78 is 38.3. The number of carbonyl (C=O) groups excluding carboxylic acids is 2. The summed E-state index contributed by atoms with van der Waals surface area (Å²) >= 11 is 6.10. The maximum Gasteiger partial charge on any atom is 0.331 e. The Bertz CT molecular complexity index is 1130. The van der Waals surface area contributed by atoms with Gasteiger partial charge in [-0.05, 0) is 48.4 Å². The van der Waals surface area contributed by atoms with Crippen molar-refractivity contribution in [2.24, 2.45) is 5.14 Å². The zero-order chi connectivity index (χ0) is 23.2. The van der Waals surface area contributed by atoms with Crippen molar-refractivity contribution >= 4 is 45.3 Å². The van der Waals surface area contributed by atoms with Crippen molar-refractivity contribution in [3.8, 4) is 11.5 Å². The van der Waals surface area contributed by atoms with Crippen LogP contribution in [0.4, 0.5) is 5.69 Å². The van der Waals surface area contributed by atoms with Crippen molar-refractivity contribution in [3.63, 3.8) is 0 Å². The molecule has 0 fully saturated rings. The van der Waals surface area contributed by atoms with Gasteiger partial charge >= 0.3 is 5.97 Å². The number of nitrogens with one attached hydrogen (secondary N) is 1. The largest absolute Gasteiger partial charge is 0.493 e. The average Bonchev–Trinajstić information content (AvgIpc) is 2.70. The Balaban J connectivity index is 1.97. The molecule has 0 aliphatic carbocycles. The second-order valence-electron chi connectivity index (χ2n) is 6.25. The van der Waals surface area contributed by atoms with Gasteiger partial charge in [0.1, 0.15) is 0 Å². The second-order valence-corrected chi connectivity index (χ2v) is 8.19. The molecular weight excluding hydrogens is 448 g/mol. The number of halogens is 1. The van der Waals surface area contributed by atoms with Gasteiger partial charge in [0.25, 0.3) is 5.91 Å². The smallest absolute Gasteiger partial charge is 0.331 e. The van der Waals surface area contributed by atoms with Crippen LogP contribution in [-0.4, -0.2) is 41.1 Å². The molecule has 0 aliphatic heterocycles. The minimum Gasteiger partial charge on any atom is -0.493 e. The van der Waals surface area contributed by atoms with Gasteiger partial charge in [-0.2, -0.15) is 0 Å². The van der Waals surface area contributed by atoms with E-state index < -0.39 is 28.5 Å². The van der Waals surface area contributed by atoms with Gasteiger partial charge < -0.3 is 19.5 Å². The predicted octanol–water partition coefficient (Wildman–Crippen LogP) is 2.51. The van der Waals surface area contributed by atoms with Gasteiger partial charge in [0.2, 0.25) is 10.0 Å². The summed E-state index contributed by atoms with van der Waals surface area (Å²) in [6.07, 6.45) is 2.56. The Morgan fingerprint density at radius 3 is 2.48 bits per heavy atom. The third-order valence-corrected chi connectivity index (χ3v) is 5.33. The van der Waals surface area contributed by atoms with E-state index in [2.05, 4.69) is 5.32 Å². The summed E-state index contributed by atoms with van der Waals surface area (Å²) in [7, 11) is -1.03. The van der Waals surface area contributed by atoms with E-state index in [1.807, 2.05) is 0 Å². The van der Waals surface area contributed by atoms with Gasteiger partial charge in [-0.15, -0.1) is 0 Å². The monoisotopic (exact) mass is 468 g/mol. The lowest BCUT2D eigenvalue weighted by molar-refractivity contribution is -0.142. The molecule has 166 valence electrons. The normalized spacial score (nSPS) is 11.3. The van der Waals surface area contributed by atoms with E-state index in [-0.39, 0.29) is 10.6 Å². The van der Waals surface area contributed by atoms with E-state index in [4.69, 9.17) is 31.0 Å². The molecule has 0 radical (unpaired) electrons. The molecule has 3 N–H and O–H groups in total. The molecule has 9 nitrogen and oxygen atoms in total. The molecule has 0 unspecified atom stereocenters. The first kappa shape index (κ1) is 24.2. The molecule has 0 aliphatic rings. The standard InChI is InChI=1S/C20H21ClN2O7S/c1-12-4-6-14(10-17(12)31(22,26)27)23-18(24)11-30-19(25)7-5-13-8-15(21)20(29-3)16(9-13)28-2/h4-10H,11H2,1-3H3,(H,23,24)(H2,22,26,27)/b7-5+. The van der Waals surface area contributed by atoms with Crippen molar-refractivity contribution in [1.82, 2.24) is 0 Å². The van der Waals surface area contributed by atoms with Gasteiger partial charge in [-0.25, -0.2) is 18.4 Å². The minimum atomic E-state index is -3.94. The van der Waals surface area contributed by atoms with Gasteiger partial charge in [0.15, 0.2) is 18.1 Å². The van der Waals surface area contributed by atoms with Gasteiger partial charge in [0, 0.05) is 11.8 Å². The number of methoxy groups -OCH3 is 2. The molecule has 0 atom stereocenters. The third-order valence-electron chi connectivity index (χ3n) is 3.99. The van der Waals surface area contributed by atoms with Crippen LogP contribution in [0, 0.1) is 6.92 Å². The highest BCUT2D eigenvalue weighted by atomic mass is 35.5. The molecule has 0 saturated carbocycles. The van der Waals surface area contributed by atoms with Crippen LogP contribution in [0.25, 0.3) is 6.08 Å². The number of benzene rings is 2. The maximum atomic E-state index is 12.0. The van der Waals surface area contributed by atoms with E-state index in [0.29, 0.717) is 27.6 Å². The van der Waals surface area contributed by atoms with Crippen molar-refractivity contribution < 1.29 is 32.2 Å². The summed E-state index contributed by atoms with van der Waals surface area (Å²) in [6, 6.07) is 7.41. The van der Waals surface area contributed by atoms with Crippen LogP contribution < -0.4 is 19.9 Å². The molecular formula is C20H21ClN2O7S. The molecule has 2 aromatic carbocycles. The molecule has 0 bridgehead atoms. The Morgan fingerprint density at radius 2 is 1.87 bits per heavy atom. The van der Waals surface area contributed by atoms with Crippen LogP contribution in [0.2, 0.25) is 5.02 Å². The molecule has 2 rings (SSSR count). The summed E-state index contributed by atoms with van der Waals surface area (Å²) in [6.45, 7) is 0.999. The first-order valence-electron chi connectivity index (χ1n) is 8.74. The number of rotatable bonds is 8. The SMILES string of the molecule is COc1cc(/C=C/C(=O)OCC(=O)Nc2ccc(C)c(S(N)(=O)=O)c2)cc(Cl)c1OC. The van der Waals surface area contributed by atoms with Crippen LogP contribution in [0.15, 0.2) is 41.3 Å².